The topological polar surface area (TPSA) is 81.0 Å². The summed E-state index contributed by atoms with van der Waals surface area (Å²) >= 11 is 0. The van der Waals surface area contributed by atoms with Gasteiger partial charge in [0, 0.05) is 19.6 Å². The summed E-state index contributed by atoms with van der Waals surface area (Å²) in [5.41, 5.74) is 1.88. The van der Waals surface area contributed by atoms with E-state index in [1.807, 2.05) is 35.8 Å². The molecule has 0 bridgehead atoms. The molecule has 0 atom stereocenters. The van der Waals surface area contributed by atoms with Crippen molar-refractivity contribution in [2.45, 2.75) is 6.92 Å². The first-order valence-electron chi connectivity index (χ1n) is 8.10. The van der Waals surface area contributed by atoms with Gasteiger partial charge < -0.3 is 15.0 Å². The van der Waals surface area contributed by atoms with Crippen LogP contribution in [-0.4, -0.2) is 57.4 Å². The second-order valence-electron chi connectivity index (χ2n) is 5.49. The zero-order valence-electron chi connectivity index (χ0n) is 13.5. The summed E-state index contributed by atoms with van der Waals surface area (Å²) in [6.07, 6.45) is 1.75. The Balaban J connectivity index is 1.80. The predicted molar refractivity (Wildman–Crippen MR) is 91.7 cm³/mol. The molecular weight excluding hydrogens is 306 g/mol. The van der Waals surface area contributed by atoms with E-state index in [1.54, 1.807) is 6.33 Å². The molecule has 8 nitrogen and oxygen atoms in total. The van der Waals surface area contributed by atoms with Gasteiger partial charge in [0.1, 0.15) is 6.33 Å². The zero-order valence-corrected chi connectivity index (χ0v) is 13.5. The van der Waals surface area contributed by atoms with E-state index in [2.05, 4.69) is 30.2 Å². The number of nitrogens with one attached hydrogen (secondary N) is 1. The maximum atomic E-state index is 5.42. The van der Waals surface area contributed by atoms with Crippen molar-refractivity contribution >= 4 is 22.9 Å². The molecule has 1 N–H and O–H groups in total. The third-order valence-corrected chi connectivity index (χ3v) is 3.91. The highest BCUT2D eigenvalue weighted by atomic mass is 16.5. The van der Waals surface area contributed by atoms with Gasteiger partial charge in [-0.3, -0.25) is 4.57 Å². The lowest BCUT2D eigenvalue weighted by Crippen LogP contribution is -2.37. The fraction of sp³-hybridized carbons (Fsp3) is 0.375. The molecule has 0 saturated carbocycles. The first-order valence-corrected chi connectivity index (χ1v) is 8.10. The van der Waals surface area contributed by atoms with E-state index in [1.165, 1.54) is 0 Å². The fourth-order valence-corrected chi connectivity index (χ4v) is 2.72. The second kappa shape index (κ2) is 6.40. The van der Waals surface area contributed by atoms with Crippen molar-refractivity contribution in [1.29, 1.82) is 0 Å². The summed E-state index contributed by atoms with van der Waals surface area (Å²) in [6, 6.07) is 7.93. The van der Waals surface area contributed by atoms with Crippen LogP contribution < -0.4 is 10.2 Å². The van der Waals surface area contributed by atoms with Crippen LogP contribution in [0.1, 0.15) is 6.92 Å². The summed E-state index contributed by atoms with van der Waals surface area (Å²) in [5.74, 6) is 1.80. The molecule has 0 spiro atoms. The largest absolute Gasteiger partial charge is 0.378 e. The molecule has 24 heavy (non-hydrogen) atoms. The highest BCUT2D eigenvalue weighted by molar-refractivity contribution is 5.76. The number of hydrogen-bond acceptors (Lipinski definition) is 7. The summed E-state index contributed by atoms with van der Waals surface area (Å²) in [6.45, 7) is 5.69. The molecule has 0 radical (unpaired) electrons. The van der Waals surface area contributed by atoms with Gasteiger partial charge in [-0.2, -0.15) is 15.0 Å². The van der Waals surface area contributed by atoms with Crippen LogP contribution in [0.5, 0.6) is 0 Å². The Morgan fingerprint density at radius 3 is 2.71 bits per heavy atom. The van der Waals surface area contributed by atoms with Crippen molar-refractivity contribution in [2.24, 2.45) is 0 Å². The minimum absolute atomic E-state index is 0.566. The highest BCUT2D eigenvalue weighted by Gasteiger charge is 2.17. The third-order valence-electron chi connectivity index (χ3n) is 3.91. The first kappa shape index (κ1) is 14.8. The van der Waals surface area contributed by atoms with Gasteiger partial charge in [0.15, 0.2) is 0 Å². The van der Waals surface area contributed by atoms with Gasteiger partial charge in [-0.1, -0.05) is 12.1 Å². The fourth-order valence-electron chi connectivity index (χ4n) is 2.72. The number of morpholine rings is 1. The normalized spacial score (nSPS) is 15.0. The van der Waals surface area contributed by atoms with Crippen molar-refractivity contribution in [3.8, 4) is 5.95 Å². The lowest BCUT2D eigenvalue weighted by Gasteiger charge is -2.27. The number of anilines is 2. The molecule has 3 aromatic rings. The number of rotatable bonds is 4. The number of nitrogens with zero attached hydrogens (tertiary/aromatic N) is 6. The average Bonchev–Trinajstić information content (AvgIpc) is 3.07. The van der Waals surface area contributed by atoms with Crippen LogP contribution in [0, 0.1) is 0 Å². The highest BCUT2D eigenvalue weighted by Crippen LogP contribution is 2.19. The molecule has 8 heteroatoms. The van der Waals surface area contributed by atoms with Crippen LogP contribution in [0.15, 0.2) is 30.6 Å². The average molecular weight is 325 g/mol. The number of ether oxygens (including phenoxy) is 1. The number of benzene rings is 1. The van der Waals surface area contributed by atoms with Crippen molar-refractivity contribution in [3.05, 3.63) is 30.6 Å². The van der Waals surface area contributed by atoms with Gasteiger partial charge in [-0.25, -0.2) is 4.98 Å². The maximum Gasteiger partial charge on any atom is 0.242 e. The van der Waals surface area contributed by atoms with Crippen LogP contribution in [0.25, 0.3) is 17.0 Å². The Morgan fingerprint density at radius 2 is 1.88 bits per heavy atom. The summed E-state index contributed by atoms with van der Waals surface area (Å²) in [5, 5.41) is 3.18. The summed E-state index contributed by atoms with van der Waals surface area (Å²) < 4.78 is 7.31. The van der Waals surface area contributed by atoms with Crippen LogP contribution in [0.4, 0.5) is 11.9 Å². The van der Waals surface area contributed by atoms with Gasteiger partial charge in [-0.15, -0.1) is 0 Å². The number of imidazole rings is 1. The van der Waals surface area contributed by atoms with E-state index in [0.29, 0.717) is 31.1 Å². The number of hydrogen-bond donors (Lipinski definition) is 1. The van der Waals surface area contributed by atoms with E-state index in [0.717, 1.165) is 30.7 Å². The Hall–Kier alpha value is -2.74. The molecule has 124 valence electrons. The van der Waals surface area contributed by atoms with Gasteiger partial charge in [0.05, 0.1) is 24.2 Å². The molecule has 0 unspecified atom stereocenters. The van der Waals surface area contributed by atoms with Gasteiger partial charge in [0.2, 0.25) is 17.8 Å². The lowest BCUT2D eigenvalue weighted by molar-refractivity contribution is 0.122. The van der Waals surface area contributed by atoms with E-state index in [4.69, 9.17) is 4.74 Å². The smallest absolute Gasteiger partial charge is 0.242 e. The Bertz CT molecular complexity index is 841. The number of fused-ring (bicyclic) bond motifs is 1. The Labute approximate surface area is 139 Å². The SMILES string of the molecule is CCNc1nc(N2CCOCC2)nc(-n2cnc3ccccc32)n1. The zero-order chi connectivity index (χ0) is 16.4. The number of para-hydroxylation sites is 2. The molecule has 1 saturated heterocycles. The van der Waals surface area contributed by atoms with E-state index in [-0.39, 0.29) is 0 Å². The van der Waals surface area contributed by atoms with Gasteiger partial charge in [-0.05, 0) is 19.1 Å². The minimum Gasteiger partial charge on any atom is -0.378 e. The van der Waals surface area contributed by atoms with Crippen LogP contribution in [-0.2, 0) is 4.74 Å². The standard InChI is InChI=1S/C16H19N7O/c1-2-17-14-19-15(22-7-9-24-10-8-22)21-16(20-14)23-11-18-12-5-3-4-6-13(12)23/h3-6,11H,2,7-10H2,1H3,(H,17,19,20,21). The predicted octanol–water partition coefficient (Wildman–Crippen LogP) is 1.48. The molecule has 0 amide bonds. The second-order valence-corrected chi connectivity index (χ2v) is 5.49. The molecule has 3 heterocycles. The van der Waals surface area contributed by atoms with Crippen molar-refractivity contribution in [3.63, 3.8) is 0 Å². The molecule has 2 aromatic heterocycles. The first-order chi connectivity index (χ1) is 11.8. The van der Waals surface area contributed by atoms with Gasteiger partial charge in [0.25, 0.3) is 0 Å². The lowest BCUT2D eigenvalue weighted by atomic mass is 10.3. The van der Waals surface area contributed by atoms with Gasteiger partial charge >= 0.3 is 0 Å². The quantitative estimate of drug-likeness (QED) is 0.778. The van der Waals surface area contributed by atoms with E-state index < -0.39 is 0 Å². The van der Waals surface area contributed by atoms with E-state index in [9.17, 15) is 0 Å². The maximum absolute atomic E-state index is 5.42. The van der Waals surface area contributed by atoms with Crippen molar-refractivity contribution < 1.29 is 4.74 Å². The van der Waals surface area contributed by atoms with Crippen LogP contribution >= 0.6 is 0 Å². The molecule has 1 aliphatic rings. The molecule has 1 fully saturated rings. The van der Waals surface area contributed by atoms with Crippen molar-refractivity contribution in [2.75, 3.05) is 43.1 Å². The monoisotopic (exact) mass is 325 g/mol. The molecule has 4 rings (SSSR count). The minimum atomic E-state index is 0.566. The molecule has 1 aromatic carbocycles. The summed E-state index contributed by atoms with van der Waals surface area (Å²) in [7, 11) is 0. The Kier molecular flexibility index (Phi) is 3.96. The number of aromatic nitrogens is 5. The molecular formula is C16H19N7O. The van der Waals surface area contributed by atoms with Crippen LogP contribution in [0.2, 0.25) is 0 Å². The Morgan fingerprint density at radius 1 is 1.08 bits per heavy atom. The molecule has 0 aliphatic carbocycles. The molecule has 1 aliphatic heterocycles. The summed E-state index contributed by atoms with van der Waals surface area (Å²) in [4.78, 5) is 20.3. The van der Waals surface area contributed by atoms with E-state index >= 15 is 0 Å². The van der Waals surface area contributed by atoms with Crippen molar-refractivity contribution in [1.82, 2.24) is 24.5 Å². The van der Waals surface area contributed by atoms with Crippen LogP contribution in [0.3, 0.4) is 0 Å². The third kappa shape index (κ3) is 2.76.